The van der Waals surface area contributed by atoms with Crippen LogP contribution in [0, 0.1) is 0 Å². The lowest BCUT2D eigenvalue weighted by Gasteiger charge is -2.11. The predicted molar refractivity (Wildman–Crippen MR) is 77.4 cm³/mol. The van der Waals surface area contributed by atoms with E-state index in [-0.39, 0.29) is 11.9 Å². The van der Waals surface area contributed by atoms with Crippen molar-refractivity contribution >= 4 is 40.9 Å². The van der Waals surface area contributed by atoms with Gasteiger partial charge in [0.05, 0.1) is 6.04 Å². The van der Waals surface area contributed by atoms with Crippen molar-refractivity contribution < 1.29 is 4.79 Å². The molecule has 1 fully saturated rings. The molecular weight excluding hydrogens is 291 g/mol. The van der Waals surface area contributed by atoms with Crippen molar-refractivity contribution in [2.24, 2.45) is 0 Å². The van der Waals surface area contributed by atoms with Gasteiger partial charge in [0.1, 0.15) is 0 Å². The maximum Gasteiger partial charge on any atom is 0.238 e. The Hall–Kier alpha value is -0.420. The van der Waals surface area contributed by atoms with Crippen molar-refractivity contribution in [2.45, 2.75) is 12.5 Å². The molecule has 0 saturated carbocycles. The molecule has 0 aliphatic carbocycles. The molecule has 1 aliphatic heterocycles. The third-order valence-corrected chi connectivity index (χ3v) is 4.27. The molecule has 1 unspecified atom stereocenters. The molecule has 2 N–H and O–H groups in total. The summed E-state index contributed by atoms with van der Waals surface area (Å²) in [5.41, 5.74) is 0.995. The number of nitrogens with one attached hydrogen (secondary N) is 2. The standard InChI is InChI=1S/C12H14Cl2N2OS/c13-9-2-1-8(10(14)5-9)3-4-15-12(17)11-6-18-7-16-11/h1-2,5,11,16H,3-4,6-7H2,(H,15,17). The van der Waals surface area contributed by atoms with Crippen LogP contribution < -0.4 is 10.6 Å². The van der Waals surface area contributed by atoms with Crippen LogP contribution in [0.4, 0.5) is 0 Å². The second-order valence-corrected chi connectivity index (χ2v) is 5.92. The molecule has 0 spiro atoms. The first-order chi connectivity index (χ1) is 8.66. The van der Waals surface area contributed by atoms with Crippen molar-refractivity contribution in [1.82, 2.24) is 10.6 Å². The fourth-order valence-corrected chi connectivity index (χ4v) is 3.18. The quantitative estimate of drug-likeness (QED) is 0.897. The number of carbonyl (C=O) groups is 1. The van der Waals surface area contributed by atoms with Gasteiger partial charge in [0.15, 0.2) is 0 Å². The van der Waals surface area contributed by atoms with E-state index in [0.29, 0.717) is 23.0 Å². The van der Waals surface area contributed by atoms with Gasteiger partial charge >= 0.3 is 0 Å². The molecule has 3 nitrogen and oxygen atoms in total. The Morgan fingerprint density at radius 1 is 1.50 bits per heavy atom. The van der Waals surface area contributed by atoms with Gasteiger partial charge in [-0.2, -0.15) is 0 Å². The molecule has 1 atom stereocenters. The highest BCUT2D eigenvalue weighted by Gasteiger charge is 2.21. The van der Waals surface area contributed by atoms with Gasteiger partial charge in [-0.3, -0.25) is 10.1 Å². The highest BCUT2D eigenvalue weighted by atomic mass is 35.5. The van der Waals surface area contributed by atoms with E-state index in [2.05, 4.69) is 10.6 Å². The molecule has 18 heavy (non-hydrogen) atoms. The van der Waals surface area contributed by atoms with Gasteiger partial charge in [-0.25, -0.2) is 0 Å². The van der Waals surface area contributed by atoms with Gasteiger partial charge in [-0.05, 0) is 24.1 Å². The van der Waals surface area contributed by atoms with E-state index in [0.717, 1.165) is 17.2 Å². The minimum absolute atomic E-state index is 0.0595. The topological polar surface area (TPSA) is 41.1 Å². The Labute approximate surface area is 121 Å². The van der Waals surface area contributed by atoms with Gasteiger partial charge < -0.3 is 5.32 Å². The van der Waals surface area contributed by atoms with E-state index in [9.17, 15) is 4.79 Å². The van der Waals surface area contributed by atoms with Crippen LogP contribution in [-0.2, 0) is 11.2 Å². The van der Waals surface area contributed by atoms with Crippen molar-refractivity contribution in [3.8, 4) is 0 Å². The van der Waals surface area contributed by atoms with Crippen molar-refractivity contribution in [3.05, 3.63) is 33.8 Å². The Morgan fingerprint density at radius 3 is 3.00 bits per heavy atom. The van der Waals surface area contributed by atoms with Crippen LogP contribution in [0.3, 0.4) is 0 Å². The van der Waals surface area contributed by atoms with Gasteiger partial charge in [-0.15, -0.1) is 11.8 Å². The lowest BCUT2D eigenvalue weighted by atomic mass is 10.1. The van der Waals surface area contributed by atoms with Crippen LogP contribution in [0.1, 0.15) is 5.56 Å². The lowest BCUT2D eigenvalue weighted by Crippen LogP contribution is -2.42. The summed E-state index contributed by atoms with van der Waals surface area (Å²) in [4.78, 5) is 11.7. The second kappa shape index (κ2) is 6.66. The summed E-state index contributed by atoms with van der Waals surface area (Å²) in [6.45, 7) is 0.586. The molecule has 0 bridgehead atoms. The smallest absolute Gasteiger partial charge is 0.238 e. The highest BCUT2D eigenvalue weighted by molar-refractivity contribution is 7.99. The van der Waals surface area contributed by atoms with Crippen molar-refractivity contribution in [1.29, 1.82) is 0 Å². The fraction of sp³-hybridized carbons (Fsp3) is 0.417. The van der Waals surface area contributed by atoms with Crippen molar-refractivity contribution in [3.63, 3.8) is 0 Å². The number of carbonyl (C=O) groups excluding carboxylic acids is 1. The molecule has 1 aromatic carbocycles. The van der Waals surface area contributed by atoms with Crippen LogP contribution in [0.25, 0.3) is 0 Å². The number of halogens is 2. The minimum Gasteiger partial charge on any atom is -0.354 e. The van der Waals surface area contributed by atoms with E-state index >= 15 is 0 Å². The fourth-order valence-electron chi connectivity index (χ4n) is 1.73. The normalized spacial score (nSPS) is 18.9. The third kappa shape index (κ3) is 3.79. The van der Waals surface area contributed by atoms with Gasteiger partial charge in [0, 0.05) is 28.2 Å². The summed E-state index contributed by atoms with van der Waals surface area (Å²) in [5, 5.41) is 7.31. The average molecular weight is 305 g/mol. The number of hydrogen-bond acceptors (Lipinski definition) is 3. The van der Waals surface area contributed by atoms with Crippen LogP contribution in [0.15, 0.2) is 18.2 Å². The zero-order chi connectivity index (χ0) is 13.0. The van der Waals surface area contributed by atoms with E-state index in [1.54, 1.807) is 23.9 Å². The van der Waals surface area contributed by atoms with Crippen LogP contribution in [0.5, 0.6) is 0 Å². The summed E-state index contributed by atoms with van der Waals surface area (Å²) >= 11 is 13.6. The predicted octanol–water partition coefficient (Wildman–Crippen LogP) is 2.31. The monoisotopic (exact) mass is 304 g/mol. The highest BCUT2D eigenvalue weighted by Crippen LogP contribution is 2.21. The molecule has 6 heteroatoms. The third-order valence-electron chi connectivity index (χ3n) is 2.74. The first kappa shape index (κ1) is 14.0. The molecule has 98 valence electrons. The first-order valence-corrected chi connectivity index (χ1v) is 7.60. The van der Waals surface area contributed by atoms with E-state index < -0.39 is 0 Å². The van der Waals surface area contributed by atoms with E-state index in [1.807, 2.05) is 6.07 Å². The molecule has 1 saturated heterocycles. The van der Waals surface area contributed by atoms with Gasteiger partial charge in [0.25, 0.3) is 0 Å². The number of thioether (sulfide) groups is 1. The number of benzene rings is 1. The van der Waals surface area contributed by atoms with Crippen LogP contribution >= 0.6 is 35.0 Å². The molecule has 0 radical (unpaired) electrons. The molecular formula is C12H14Cl2N2OS. The first-order valence-electron chi connectivity index (χ1n) is 5.69. The Bertz CT molecular complexity index is 436. The maximum atomic E-state index is 11.7. The van der Waals surface area contributed by atoms with Gasteiger partial charge in [-0.1, -0.05) is 29.3 Å². The summed E-state index contributed by atoms with van der Waals surface area (Å²) in [6, 6.07) is 5.35. The summed E-state index contributed by atoms with van der Waals surface area (Å²) < 4.78 is 0. The number of hydrogen-bond donors (Lipinski definition) is 2. The SMILES string of the molecule is O=C(NCCc1ccc(Cl)cc1Cl)C1CSCN1. The zero-order valence-electron chi connectivity index (χ0n) is 9.71. The molecule has 1 aromatic rings. The summed E-state index contributed by atoms with van der Waals surface area (Å²) in [5.74, 6) is 1.75. The number of rotatable bonds is 4. The molecule has 1 heterocycles. The Balaban J connectivity index is 1.79. The largest absolute Gasteiger partial charge is 0.354 e. The molecule has 1 aliphatic rings. The summed E-state index contributed by atoms with van der Waals surface area (Å²) in [7, 11) is 0. The van der Waals surface area contributed by atoms with Crippen LogP contribution in [0.2, 0.25) is 10.0 Å². The second-order valence-electron chi connectivity index (χ2n) is 4.05. The van der Waals surface area contributed by atoms with Crippen LogP contribution in [-0.4, -0.2) is 30.1 Å². The van der Waals surface area contributed by atoms with Gasteiger partial charge in [0.2, 0.25) is 5.91 Å². The van der Waals surface area contributed by atoms with Crippen molar-refractivity contribution in [2.75, 3.05) is 18.2 Å². The maximum absolute atomic E-state index is 11.7. The zero-order valence-corrected chi connectivity index (χ0v) is 12.0. The molecule has 2 rings (SSSR count). The molecule has 1 amide bonds. The molecule has 0 aromatic heterocycles. The minimum atomic E-state index is -0.0595. The Morgan fingerprint density at radius 2 is 2.33 bits per heavy atom. The van der Waals surface area contributed by atoms with E-state index in [1.165, 1.54) is 0 Å². The Kier molecular flexibility index (Phi) is 5.18. The van der Waals surface area contributed by atoms with E-state index in [4.69, 9.17) is 23.2 Å². The number of amides is 1. The average Bonchev–Trinajstić information content (AvgIpc) is 2.85. The summed E-state index contributed by atoms with van der Waals surface area (Å²) in [6.07, 6.45) is 0.710. The lowest BCUT2D eigenvalue weighted by molar-refractivity contribution is -0.122.